The molecule has 0 saturated carbocycles. The van der Waals surface area contributed by atoms with Crippen LogP contribution in [0.5, 0.6) is 0 Å². The fourth-order valence-corrected chi connectivity index (χ4v) is 3.30. The number of benzene rings is 1. The Morgan fingerprint density at radius 2 is 2.07 bits per heavy atom. The van der Waals surface area contributed by atoms with Gasteiger partial charge >= 0.3 is 6.03 Å². The van der Waals surface area contributed by atoms with Crippen LogP contribution >= 0.6 is 22.6 Å². The Hall–Kier alpha value is -2.71. The Morgan fingerprint density at radius 1 is 1.29 bits per heavy atom. The number of carbonyl (C=O) groups excluding carboxylic acids is 1. The maximum Gasteiger partial charge on any atom is 0.342 e. The molecular formula is C19H19IN6O2. The Labute approximate surface area is 175 Å². The molecule has 0 saturated heterocycles. The number of hydrogen-bond donors (Lipinski definition) is 2. The number of nitriles is 1. The van der Waals surface area contributed by atoms with Crippen molar-refractivity contribution in [3.05, 3.63) is 57.6 Å². The van der Waals surface area contributed by atoms with Crippen LogP contribution in [0.25, 0.3) is 11.3 Å². The Kier molecular flexibility index (Phi) is 6.11. The van der Waals surface area contributed by atoms with E-state index in [0.717, 1.165) is 14.8 Å². The largest absolute Gasteiger partial charge is 0.387 e. The molecule has 9 heteroatoms. The van der Waals surface area contributed by atoms with E-state index in [-0.39, 0.29) is 12.1 Å². The zero-order valence-electron chi connectivity index (χ0n) is 15.4. The Morgan fingerprint density at radius 3 is 2.71 bits per heavy atom. The number of halogens is 1. The molecule has 2 unspecified atom stereocenters. The van der Waals surface area contributed by atoms with Crippen molar-refractivity contribution in [2.24, 2.45) is 0 Å². The number of nitrogens with zero attached hydrogens (tertiary/aromatic N) is 5. The maximum absolute atomic E-state index is 12.3. The van der Waals surface area contributed by atoms with Gasteiger partial charge in [-0.15, -0.1) is 0 Å². The molecule has 3 aromatic rings. The van der Waals surface area contributed by atoms with E-state index >= 15 is 0 Å². The van der Waals surface area contributed by atoms with Crippen LogP contribution in [0.15, 0.2) is 42.7 Å². The van der Waals surface area contributed by atoms with Crippen molar-refractivity contribution in [2.45, 2.75) is 32.5 Å². The van der Waals surface area contributed by atoms with Crippen LogP contribution < -0.4 is 5.32 Å². The van der Waals surface area contributed by atoms with Crippen molar-refractivity contribution in [3.63, 3.8) is 0 Å². The number of amides is 1. The van der Waals surface area contributed by atoms with Gasteiger partial charge in [0.2, 0.25) is 0 Å². The molecule has 2 heterocycles. The molecule has 2 atom stereocenters. The number of aliphatic hydroxyl groups is 1. The van der Waals surface area contributed by atoms with E-state index in [1.54, 1.807) is 23.7 Å². The van der Waals surface area contributed by atoms with Gasteiger partial charge in [-0.1, -0.05) is 6.07 Å². The highest BCUT2D eigenvalue weighted by atomic mass is 127. The lowest BCUT2D eigenvalue weighted by molar-refractivity contribution is 0.193. The molecule has 28 heavy (non-hydrogen) atoms. The smallest absolute Gasteiger partial charge is 0.342 e. The monoisotopic (exact) mass is 490 g/mol. The quantitative estimate of drug-likeness (QED) is 0.535. The maximum atomic E-state index is 12.3. The first-order chi connectivity index (χ1) is 13.4. The first-order valence-corrected chi connectivity index (χ1v) is 9.73. The summed E-state index contributed by atoms with van der Waals surface area (Å²) in [6, 6.07) is 10.7. The summed E-state index contributed by atoms with van der Waals surface area (Å²) in [7, 11) is 0. The second-order valence-electron chi connectivity index (χ2n) is 6.44. The normalized spacial score (nSPS) is 13.0. The third-order valence-electron chi connectivity index (χ3n) is 4.10. The van der Waals surface area contributed by atoms with Gasteiger partial charge in [0.1, 0.15) is 6.07 Å². The van der Waals surface area contributed by atoms with E-state index in [1.807, 2.05) is 31.3 Å². The van der Waals surface area contributed by atoms with Crippen LogP contribution in [0.1, 0.15) is 31.2 Å². The fraction of sp³-hybridized carbons (Fsp3) is 0.263. The van der Waals surface area contributed by atoms with E-state index in [9.17, 15) is 9.90 Å². The van der Waals surface area contributed by atoms with E-state index < -0.39 is 6.10 Å². The summed E-state index contributed by atoms with van der Waals surface area (Å²) in [5.74, 6) is 0. The third-order valence-corrected chi connectivity index (χ3v) is 5.00. The lowest BCUT2D eigenvalue weighted by Gasteiger charge is -2.13. The molecule has 0 radical (unpaired) electrons. The van der Waals surface area contributed by atoms with Crippen LogP contribution in [0.4, 0.5) is 4.79 Å². The minimum Gasteiger partial charge on any atom is -0.387 e. The highest BCUT2D eigenvalue weighted by Gasteiger charge is 2.14. The zero-order valence-corrected chi connectivity index (χ0v) is 17.5. The summed E-state index contributed by atoms with van der Waals surface area (Å²) in [6.45, 7) is 3.96. The van der Waals surface area contributed by atoms with Crippen LogP contribution in [-0.2, 0) is 6.54 Å². The van der Waals surface area contributed by atoms with Gasteiger partial charge in [-0.2, -0.15) is 20.1 Å². The number of aliphatic hydroxyl groups excluding tert-OH is 1. The van der Waals surface area contributed by atoms with Crippen molar-refractivity contribution in [1.82, 2.24) is 24.9 Å². The molecule has 1 amide bonds. The SMILES string of the molecule is CC(Cn1ccc(-c2ccc(C#N)c(I)c2)n1)NC(=O)n1ccc(C(C)O)n1. The van der Waals surface area contributed by atoms with Crippen molar-refractivity contribution >= 4 is 28.6 Å². The van der Waals surface area contributed by atoms with Gasteiger partial charge in [0.25, 0.3) is 0 Å². The third kappa shape index (κ3) is 4.58. The molecule has 0 bridgehead atoms. The molecule has 0 aliphatic rings. The van der Waals surface area contributed by atoms with Crippen LogP contribution in [0.2, 0.25) is 0 Å². The standard InChI is InChI=1S/C19H19IN6O2/c1-12(22-19(28)26-8-6-17(24-26)13(2)27)11-25-7-5-18(23-25)14-3-4-15(10-21)16(20)9-14/h3-9,12-13,27H,11H2,1-2H3,(H,22,28). The number of hydrogen-bond acceptors (Lipinski definition) is 5. The second-order valence-corrected chi connectivity index (χ2v) is 7.60. The number of rotatable bonds is 5. The topological polar surface area (TPSA) is 109 Å². The number of nitrogens with one attached hydrogen (secondary N) is 1. The molecule has 0 aliphatic carbocycles. The Bertz CT molecular complexity index is 1030. The molecule has 2 aromatic heterocycles. The molecule has 144 valence electrons. The molecule has 1 aromatic carbocycles. The predicted molar refractivity (Wildman–Crippen MR) is 111 cm³/mol. The van der Waals surface area contributed by atoms with E-state index in [4.69, 9.17) is 5.26 Å². The van der Waals surface area contributed by atoms with E-state index in [1.165, 1.54) is 10.9 Å². The molecule has 0 aliphatic heterocycles. The molecule has 2 N–H and O–H groups in total. The van der Waals surface area contributed by atoms with Gasteiger partial charge in [0.15, 0.2) is 0 Å². The first-order valence-electron chi connectivity index (χ1n) is 8.65. The van der Waals surface area contributed by atoms with Gasteiger partial charge in [-0.25, -0.2) is 4.79 Å². The van der Waals surface area contributed by atoms with Crippen LogP contribution in [0.3, 0.4) is 0 Å². The number of carbonyl (C=O) groups is 1. The molecule has 3 rings (SSSR count). The summed E-state index contributed by atoms with van der Waals surface area (Å²) >= 11 is 2.14. The Balaban J connectivity index is 1.63. The molecule has 8 nitrogen and oxygen atoms in total. The summed E-state index contributed by atoms with van der Waals surface area (Å²) in [6.07, 6.45) is 2.64. The molecular weight excluding hydrogens is 471 g/mol. The van der Waals surface area contributed by atoms with Crippen molar-refractivity contribution in [2.75, 3.05) is 0 Å². The minimum atomic E-state index is -0.723. The van der Waals surface area contributed by atoms with Gasteiger partial charge in [-0.3, -0.25) is 4.68 Å². The lowest BCUT2D eigenvalue weighted by atomic mass is 10.1. The van der Waals surface area contributed by atoms with Crippen molar-refractivity contribution in [3.8, 4) is 17.3 Å². The first kappa shape index (κ1) is 20.0. The van der Waals surface area contributed by atoms with Gasteiger partial charge in [0.05, 0.1) is 29.6 Å². The van der Waals surface area contributed by atoms with Crippen LogP contribution in [0, 0.1) is 14.9 Å². The summed E-state index contributed by atoms with van der Waals surface area (Å²) in [5.41, 5.74) is 2.81. The average molecular weight is 490 g/mol. The van der Waals surface area contributed by atoms with Gasteiger partial charge in [0, 0.05) is 27.6 Å². The highest BCUT2D eigenvalue weighted by Crippen LogP contribution is 2.22. The van der Waals surface area contributed by atoms with Crippen molar-refractivity contribution in [1.29, 1.82) is 5.26 Å². The summed E-state index contributed by atoms with van der Waals surface area (Å²) < 4.78 is 3.81. The second kappa shape index (κ2) is 8.53. The summed E-state index contributed by atoms with van der Waals surface area (Å²) in [4.78, 5) is 12.3. The summed E-state index contributed by atoms with van der Waals surface area (Å²) in [5, 5.41) is 30.0. The average Bonchev–Trinajstić information content (AvgIpc) is 3.31. The molecule has 0 fully saturated rings. The van der Waals surface area contributed by atoms with Gasteiger partial charge < -0.3 is 10.4 Å². The number of aromatic nitrogens is 4. The highest BCUT2D eigenvalue weighted by molar-refractivity contribution is 14.1. The van der Waals surface area contributed by atoms with Gasteiger partial charge in [-0.05, 0) is 60.7 Å². The van der Waals surface area contributed by atoms with Crippen LogP contribution in [-0.4, -0.2) is 36.7 Å². The van der Waals surface area contributed by atoms with E-state index in [0.29, 0.717) is 17.8 Å². The lowest BCUT2D eigenvalue weighted by Crippen LogP contribution is -2.38. The molecule has 0 spiro atoms. The predicted octanol–water partition coefficient (Wildman–Crippen LogP) is 2.92. The van der Waals surface area contributed by atoms with Crippen molar-refractivity contribution < 1.29 is 9.90 Å². The fourth-order valence-electron chi connectivity index (χ4n) is 2.66. The zero-order chi connectivity index (χ0) is 20.3. The van der Waals surface area contributed by atoms with E-state index in [2.05, 4.69) is 44.2 Å². The minimum absolute atomic E-state index is 0.180.